The van der Waals surface area contributed by atoms with Crippen LogP contribution in [0.1, 0.15) is 32.6 Å². The van der Waals surface area contributed by atoms with Crippen LogP contribution in [0.3, 0.4) is 0 Å². The Bertz CT molecular complexity index is 207. The molecule has 3 nitrogen and oxygen atoms in total. The third-order valence-electron chi connectivity index (χ3n) is 2.19. The van der Waals surface area contributed by atoms with E-state index in [0.717, 1.165) is 25.7 Å². The summed E-state index contributed by atoms with van der Waals surface area (Å²) in [6.45, 7) is 1.39. The summed E-state index contributed by atoms with van der Waals surface area (Å²) in [7, 11) is 0. The molecule has 1 saturated carbocycles. The van der Waals surface area contributed by atoms with Gasteiger partial charge in [0.05, 0.1) is 12.0 Å². The lowest BCUT2D eigenvalue weighted by Crippen LogP contribution is -2.28. The molecule has 0 aliphatic heterocycles. The highest BCUT2D eigenvalue weighted by atomic mass is 16.5. The first-order chi connectivity index (χ1) is 5.74. The van der Waals surface area contributed by atoms with Crippen molar-refractivity contribution in [2.24, 2.45) is 5.92 Å². The summed E-state index contributed by atoms with van der Waals surface area (Å²) in [6, 6.07) is 2.18. The maximum Gasteiger partial charge on any atom is 0.302 e. The third kappa shape index (κ3) is 2.23. The highest BCUT2D eigenvalue weighted by molar-refractivity contribution is 5.66. The second-order valence-corrected chi connectivity index (χ2v) is 3.17. The molecule has 0 amide bonds. The van der Waals surface area contributed by atoms with E-state index >= 15 is 0 Å². The number of nitriles is 1. The van der Waals surface area contributed by atoms with Crippen molar-refractivity contribution in [3.63, 3.8) is 0 Å². The molecular formula is C9H13NO2. The number of carbonyl (C=O) groups excluding carboxylic acids is 1. The Balaban J connectivity index is 2.48. The lowest BCUT2D eigenvalue weighted by atomic mass is 9.87. The maximum absolute atomic E-state index is 10.6. The van der Waals surface area contributed by atoms with Crippen molar-refractivity contribution in [1.82, 2.24) is 0 Å². The summed E-state index contributed by atoms with van der Waals surface area (Å²) in [5, 5.41) is 8.73. The van der Waals surface area contributed by atoms with Gasteiger partial charge in [-0.05, 0) is 19.3 Å². The van der Waals surface area contributed by atoms with Crippen LogP contribution >= 0.6 is 0 Å². The number of ether oxygens (including phenoxy) is 1. The quantitative estimate of drug-likeness (QED) is 0.558. The Labute approximate surface area is 72.3 Å². The fraction of sp³-hybridized carbons (Fsp3) is 0.778. The molecule has 1 fully saturated rings. The molecule has 1 rings (SSSR count). The van der Waals surface area contributed by atoms with Crippen molar-refractivity contribution in [1.29, 1.82) is 5.26 Å². The van der Waals surface area contributed by atoms with Gasteiger partial charge in [0.2, 0.25) is 0 Å². The smallest absolute Gasteiger partial charge is 0.302 e. The van der Waals surface area contributed by atoms with E-state index in [2.05, 4.69) is 6.07 Å². The second-order valence-electron chi connectivity index (χ2n) is 3.17. The zero-order valence-electron chi connectivity index (χ0n) is 7.25. The molecular weight excluding hydrogens is 154 g/mol. The van der Waals surface area contributed by atoms with Crippen LogP contribution in [0.2, 0.25) is 0 Å². The molecule has 0 spiro atoms. The molecule has 66 valence electrons. The summed E-state index contributed by atoms with van der Waals surface area (Å²) in [4.78, 5) is 10.6. The average Bonchev–Trinajstić information content (AvgIpc) is 2.04. The Kier molecular flexibility index (Phi) is 3.09. The molecule has 1 aliphatic carbocycles. The highest BCUT2D eigenvalue weighted by Crippen LogP contribution is 2.26. The van der Waals surface area contributed by atoms with Gasteiger partial charge in [-0.15, -0.1) is 0 Å². The van der Waals surface area contributed by atoms with Gasteiger partial charge in [-0.25, -0.2) is 0 Å². The number of esters is 1. The number of nitrogens with zero attached hydrogens (tertiary/aromatic N) is 1. The van der Waals surface area contributed by atoms with Gasteiger partial charge in [-0.1, -0.05) is 6.42 Å². The van der Waals surface area contributed by atoms with Crippen LogP contribution in [0.25, 0.3) is 0 Å². The molecule has 0 aromatic heterocycles. The number of hydrogen-bond donors (Lipinski definition) is 0. The van der Waals surface area contributed by atoms with Crippen LogP contribution in [0.4, 0.5) is 0 Å². The lowest BCUT2D eigenvalue weighted by Gasteiger charge is -2.25. The predicted octanol–water partition coefficient (Wildman–Crippen LogP) is 1.63. The van der Waals surface area contributed by atoms with Gasteiger partial charge in [-0.2, -0.15) is 5.26 Å². The molecule has 3 heteroatoms. The van der Waals surface area contributed by atoms with Gasteiger partial charge in [0.1, 0.15) is 6.10 Å². The van der Waals surface area contributed by atoms with E-state index in [1.54, 1.807) is 0 Å². The molecule has 0 radical (unpaired) electrons. The van der Waals surface area contributed by atoms with Crippen LogP contribution in [0.15, 0.2) is 0 Å². The highest BCUT2D eigenvalue weighted by Gasteiger charge is 2.26. The molecule has 1 aliphatic rings. The molecule has 0 bridgehead atoms. The van der Waals surface area contributed by atoms with Crippen molar-refractivity contribution in [3.05, 3.63) is 0 Å². The first-order valence-electron chi connectivity index (χ1n) is 4.31. The molecule has 0 aromatic rings. The largest absolute Gasteiger partial charge is 0.461 e. The van der Waals surface area contributed by atoms with Crippen LogP contribution in [-0.2, 0) is 9.53 Å². The fourth-order valence-corrected chi connectivity index (χ4v) is 1.60. The van der Waals surface area contributed by atoms with E-state index in [4.69, 9.17) is 10.00 Å². The summed E-state index contributed by atoms with van der Waals surface area (Å²) >= 11 is 0. The molecule has 0 unspecified atom stereocenters. The molecule has 12 heavy (non-hydrogen) atoms. The predicted molar refractivity (Wildman–Crippen MR) is 43.1 cm³/mol. The van der Waals surface area contributed by atoms with Gasteiger partial charge in [0.15, 0.2) is 0 Å². The average molecular weight is 167 g/mol. The van der Waals surface area contributed by atoms with E-state index in [0.29, 0.717) is 0 Å². The van der Waals surface area contributed by atoms with Crippen LogP contribution in [0.5, 0.6) is 0 Å². The Morgan fingerprint density at radius 2 is 2.17 bits per heavy atom. The maximum atomic E-state index is 10.6. The number of hydrogen-bond acceptors (Lipinski definition) is 3. The molecule has 0 aromatic carbocycles. The SMILES string of the molecule is CC(=O)O[C@@H]1CCCC[C@@H]1C#N. The van der Waals surface area contributed by atoms with Gasteiger partial charge in [-0.3, -0.25) is 4.79 Å². The lowest BCUT2D eigenvalue weighted by molar-refractivity contribution is -0.149. The van der Waals surface area contributed by atoms with Crippen LogP contribution < -0.4 is 0 Å². The normalized spacial score (nSPS) is 29.0. The Morgan fingerprint density at radius 3 is 2.75 bits per heavy atom. The Hall–Kier alpha value is -1.04. The summed E-state index contributed by atoms with van der Waals surface area (Å²) in [5.41, 5.74) is 0. The van der Waals surface area contributed by atoms with Gasteiger partial charge < -0.3 is 4.74 Å². The molecule has 0 saturated heterocycles. The van der Waals surface area contributed by atoms with Crippen molar-refractivity contribution in [2.75, 3.05) is 0 Å². The third-order valence-corrected chi connectivity index (χ3v) is 2.19. The zero-order valence-corrected chi connectivity index (χ0v) is 7.25. The standard InChI is InChI=1S/C9H13NO2/c1-7(11)12-9-5-3-2-4-8(9)6-10/h8-9H,2-5H2,1H3/t8-,9-/m1/s1. The van der Waals surface area contributed by atoms with E-state index in [1.807, 2.05) is 0 Å². The first kappa shape index (κ1) is 9.05. The van der Waals surface area contributed by atoms with Crippen LogP contribution in [0, 0.1) is 17.2 Å². The van der Waals surface area contributed by atoms with Crippen LogP contribution in [-0.4, -0.2) is 12.1 Å². The summed E-state index contributed by atoms with van der Waals surface area (Å²) in [5.74, 6) is -0.357. The minimum absolute atomic E-state index is 0.0809. The van der Waals surface area contributed by atoms with Crippen molar-refractivity contribution >= 4 is 5.97 Å². The van der Waals surface area contributed by atoms with Crippen molar-refractivity contribution in [3.8, 4) is 6.07 Å². The number of carbonyl (C=O) groups is 1. The minimum atomic E-state index is -0.276. The van der Waals surface area contributed by atoms with Gasteiger partial charge in [0.25, 0.3) is 0 Å². The minimum Gasteiger partial charge on any atom is -0.461 e. The van der Waals surface area contributed by atoms with E-state index < -0.39 is 0 Å². The molecule has 0 N–H and O–H groups in total. The fourth-order valence-electron chi connectivity index (χ4n) is 1.60. The Morgan fingerprint density at radius 1 is 1.50 bits per heavy atom. The summed E-state index contributed by atoms with van der Waals surface area (Å²) < 4.78 is 5.03. The van der Waals surface area contributed by atoms with E-state index in [9.17, 15) is 4.79 Å². The molecule has 0 heterocycles. The number of rotatable bonds is 1. The van der Waals surface area contributed by atoms with Gasteiger partial charge >= 0.3 is 5.97 Å². The van der Waals surface area contributed by atoms with Gasteiger partial charge in [0, 0.05) is 6.92 Å². The first-order valence-corrected chi connectivity index (χ1v) is 4.31. The molecule has 2 atom stereocenters. The van der Waals surface area contributed by atoms with Crippen molar-refractivity contribution < 1.29 is 9.53 Å². The van der Waals surface area contributed by atoms with E-state index in [1.165, 1.54) is 6.92 Å². The van der Waals surface area contributed by atoms with Crippen molar-refractivity contribution in [2.45, 2.75) is 38.7 Å². The topological polar surface area (TPSA) is 50.1 Å². The monoisotopic (exact) mass is 167 g/mol. The zero-order chi connectivity index (χ0) is 8.97. The second kappa shape index (κ2) is 4.10. The summed E-state index contributed by atoms with van der Waals surface area (Å²) in [6.07, 6.45) is 3.71. The van der Waals surface area contributed by atoms with E-state index in [-0.39, 0.29) is 18.0 Å².